The van der Waals surface area contributed by atoms with Crippen molar-refractivity contribution in [3.05, 3.63) is 16.6 Å². The number of hydrogen-bond acceptors (Lipinski definition) is 4. The van der Waals surface area contributed by atoms with Gasteiger partial charge in [0.05, 0.1) is 6.04 Å². The molecular weight excluding hydrogens is 314 g/mol. The largest absolute Gasteiger partial charge is 0.295 e. The Balaban J connectivity index is 1.70. The fraction of sp³-hybridized carbons (Fsp3) is 0.810. The van der Waals surface area contributed by atoms with Crippen LogP contribution in [0.1, 0.15) is 65.7 Å². The van der Waals surface area contributed by atoms with Gasteiger partial charge >= 0.3 is 0 Å². The maximum Gasteiger partial charge on any atom is 0.159 e. The zero-order valence-electron chi connectivity index (χ0n) is 15.6. The van der Waals surface area contributed by atoms with Crippen LogP contribution in [0.5, 0.6) is 0 Å². The Morgan fingerprint density at radius 1 is 1.12 bits per heavy atom. The Morgan fingerprint density at radius 3 is 2.60 bits per heavy atom. The fourth-order valence-electron chi connectivity index (χ4n) is 7.29. The van der Waals surface area contributed by atoms with Crippen molar-refractivity contribution < 1.29 is 9.59 Å². The average molecular weight is 343 g/mol. The third kappa shape index (κ3) is 2.25. The van der Waals surface area contributed by atoms with Gasteiger partial charge in [-0.1, -0.05) is 19.0 Å². The van der Waals surface area contributed by atoms with E-state index >= 15 is 0 Å². The Hall–Kier alpha value is -1.32. The molecule has 25 heavy (non-hydrogen) atoms. The minimum Gasteiger partial charge on any atom is -0.295 e. The lowest BCUT2D eigenvalue weighted by atomic mass is 9.46. The molecule has 0 bridgehead atoms. The molecule has 4 aliphatic carbocycles. The van der Waals surface area contributed by atoms with Crippen molar-refractivity contribution in [2.75, 3.05) is 0 Å². The Bertz CT molecular complexity index is 668. The van der Waals surface area contributed by atoms with Gasteiger partial charge in [-0.2, -0.15) is 4.91 Å². The molecule has 6 unspecified atom stereocenters. The van der Waals surface area contributed by atoms with Gasteiger partial charge in [0, 0.05) is 18.4 Å². The first-order chi connectivity index (χ1) is 11.8. The summed E-state index contributed by atoms with van der Waals surface area (Å²) in [5, 5.41) is 3.35. The quantitative estimate of drug-likeness (QED) is 0.695. The lowest BCUT2D eigenvalue weighted by Gasteiger charge is -2.57. The van der Waals surface area contributed by atoms with E-state index in [4.69, 9.17) is 0 Å². The number of fused-ring (bicyclic) bond motifs is 5. The predicted octanol–water partition coefficient (Wildman–Crippen LogP) is 4.47. The van der Waals surface area contributed by atoms with Crippen molar-refractivity contribution in [1.82, 2.24) is 0 Å². The molecule has 3 fully saturated rings. The van der Waals surface area contributed by atoms with Crippen LogP contribution in [0.15, 0.2) is 16.8 Å². The smallest absolute Gasteiger partial charge is 0.159 e. The third-order valence-corrected chi connectivity index (χ3v) is 8.61. The molecule has 136 valence electrons. The van der Waals surface area contributed by atoms with Crippen LogP contribution in [0.25, 0.3) is 0 Å². The molecule has 4 nitrogen and oxygen atoms in total. The van der Waals surface area contributed by atoms with Gasteiger partial charge in [-0.15, -0.1) is 0 Å². The molecule has 0 aromatic rings. The highest BCUT2D eigenvalue weighted by atomic mass is 16.3. The normalized spacial score (nSPS) is 47.4. The maximum absolute atomic E-state index is 12.9. The maximum atomic E-state index is 12.9. The Morgan fingerprint density at radius 2 is 1.88 bits per heavy atom. The Labute approximate surface area is 149 Å². The summed E-state index contributed by atoms with van der Waals surface area (Å²) in [4.78, 5) is 36.0. The van der Waals surface area contributed by atoms with E-state index in [0.29, 0.717) is 36.5 Å². The summed E-state index contributed by atoms with van der Waals surface area (Å²) in [6, 6.07) is -0.135. The van der Waals surface area contributed by atoms with Crippen LogP contribution in [0, 0.1) is 39.4 Å². The highest BCUT2D eigenvalue weighted by molar-refractivity contribution is 6.05. The van der Waals surface area contributed by atoms with Crippen LogP contribution < -0.4 is 0 Å². The molecule has 0 spiro atoms. The van der Waals surface area contributed by atoms with E-state index in [1.165, 1.54) is 0 Å². The van der Waals surface area contributed by atoms with Crippen molar-refractivity contribution in [2.45, 2.75) is 71.8 Å². The van der Waals surface area contributed by atoms with Gasteiger partial charge in [-0.05, 0) is 79.6 Å². The highest BCUT2D eigenvalue weighted by Gasteiger charge is 2.61. The van der Waals surface area contributed by atoms with E-state index in [0.717, 1.165) is 37.7 Å². The standard InChI is InChI=1S/C21H29NO3/c1-12(22-25)15-4-5-16-14-11-19(24)18-10-13(23)6-8-21(18,3)17(14)7-9-20(15,16)2/h10,12,14-17H,4-9,11H2,1-3H3/t12?,14?,15-,16?,17?,20?,21?/m1/s1. The third-order valence-electron chi connectivity index (χ3n) is 8.61. The highest BCUT2D eigenvalue weighted by Crippen LogP contribution is 2.66. The summed E-state index contributed by atoms with van der Waals surface area (Å²) in [5.74, 6) is 2.09. The van der Waals surface area contributed by atoms with Crippen LogP contribution in [-0.4, -0.2) is 17.6 Å². The predicted molar refractivity (Wildman–Crippen MR) is 95.8 cm³/mol. The molecule has 0 aromatic carbocycles. The zero-order chi connectivity index (χ0) is 18.0. The number of nitrogens with zero attached hydrogens (tertiary/aromatic N) is 1. The van der Waals surface area contributed by atoms with Crippen LogP contribution in [0.2, 0.25) is 0 Å². The number of rotatable bonds is 2. The lowest BCUT2D eigenvalue weighted by Crippen LogP contribution is -2.53. The van der Waals surface area contributed by atoms with Gasteiger partial charge in [0.1, 0.15) is 0 Å². The van der Waals surface area contributed by atoms with Crippen LogP contribution in [0.4, 0.5) is 0 Å². The van der Waals surface area contributed by atoms with Crippen molar-refractivity contribution >= 4 is 11.6 Å². The van der Waals surface area contributed by atoms with Crippen molar-refractivity contribution in [3.63, 3.8) is 0 Å². The number of allylic oxidation sites excluding steroid dienone is 1. The van der Waals surface area contributed by atoms with Crippen molar-refractivity contribution in [3.8, 4) is 0 Å². The molecule has 0 N–H and O–H groups in total. The van der Waals surface area contributed by atoms with Crippen molar-refractivity contribution in [1.29, 1.82) is 0 Å². The fourth-order valence-corrected chi connectivity index (χ4v) is 7.29. The minimum absolute atomic E-state index is 0.117. The second-order valence-corrected chi connectivity index (χ2v) is 9.52. The minimum atomic E-state index is -0.135. The summed E-state index contributed by atoms with van der Waals surface area (Å²) in [7, 11) is 0. The SMILES string of the molecule is CC(N=O)[C@H]1CCC2C3CC(=O)C4=CC(=O)CCC4(C)C3CCC21C. The van der Waals surface area contributed by atoms with Crippen molar-refractivity contribution in [2.24, 2.45) is 39.7 Å². The molecule has 0 saturated heterocycles. The van der Waals surface area contributed by atoms with Gasteiger partial charge < -0.3 is 0 Å². The van der Waals surface area contributed by atoms with E-state index in [2.05, 4.69) is 19.0 Å². The number of ketones is 2. The van der Waals surface area contributed by atoms with Gasteiger partial charge in [0.15, 0.2) is 11.6 Å². The van der Waals surface area contributed by atoms with Crippen LogP contribution >= 0.6 is 0 Å². The summed E-state index contributed by atoms with van der Waals surface area (Å²) in [5.41, 5.74) is 0.824. The van der Waals surface area contributed by atoms with Gasteiger partial charge in [-0.3, -0.25) is 9.59 Å². The molecule has 0 radical (unpaired) electrons. The molecule has 4 heteroatoms. The molecule has 7 atom stereocenters. The molecule has 3 saturated carbocycles. The number of hydrogen-bond donors (Lipinski definition) is 0. The molecule has 4 aliphatic rings. The monoisotopic (exact) mass is 343 g/mol. The van der Waals surface area contributed by atoms with Crippen LogP contribution in [0.3, 0.4) is 0 Å². The van der Waals surface area contributed by atoms with Crippen LogP contribution in [-0.2, 0) is 9.59 Å². The molecule has 0 heterocycles. The van der Waals surface area contributed by atoms with E-state index < -0.39 is 0 Å². The topological polar surface area (TPSA) is 63.6 Å². The second kappa shape index (κ2) is 5.59. The second-order valence-electron chi connectivity index (χ2n) is 9.52. The van der Waals surface area contributed by atoms with Gasteiger partial charge in [0.25, 0.3) is 0 Å². The molecule has 0 aromatic heterocycles. The van der Waals surface area contributed by atoms with Gasteiger partial charge in [-0.25, -0.2) is 0 Å². The van der Waals surface area contributed by atoms with E-state index in [-0.39, 0.29) is 28.4 Å². The first-order valence-corrected chi connectivity index (χ1v) is 9.92. The van der Waals surface area contributed by atoms with Gasteiger partial charge in [0.2, 0.25) is 0 Å². The number of nitroso groups, excluding NO2 is 1. The molecule has 0 aliphatic heterocycles. The Kier molecular flexibility index (Phi) is 3.82. The number of carbonyl (C=O) groups excluding carboxylic acids is 2. The first-order valence-electron chi connectivity index (χ1n) is 9.92. The molecular formula is C21H29NO3. The zero-order valence-corrected chi connectivity index (χ0v) is 15.6. The summed E-state index contributed by atoms with van der Waals surface area (Å²) >= 11 is 0. The van der Waals surface area contributed by atoms with E-state index in [1.54, 1.807) is 6.08 Å². The average Bonchev–Trinajstić information content (AvgIpc) is 2.93. The number of Topliss-reactive ketones (excluding diaryl/α,β-unsaturated/α-hetero) is 1. The van der Waals surface area contributed by atoms with E-state index in [9.17, 15) is 14.5 Å². The summed E-state index contributed by atoms with van der Waals surface area (Å²) < 4.78 is 0. The van der Waals surface area contributed by atoms with E-state index in [1.807, 2.05) is 6.92 Å². The summed E-state index contributed by atoms with van der Waals surface area (Å²) in [6.45, 7) is 6.53. The molecule has 0 amide bonds. The summed E-state index contributed by atoms with van der Waals surface area (Å²) in [6.07, 6.45) is 8.05. The first kappa shape index (κ1) is 17.1. The number of carbonyl (C=O) groups is 2. The molecule has 4 rings (SSSR count). The lowest BCUT2D eigenvalue weighted by molar-refractivity contribution is -0.131.